The number of allylic oxidation sites excluding steroid dienone is 2. The second kappa shape index (κ2) is 2.65. The first-order valence-electron chi connectivity index (χ1n) is 4.08. The number of nitrogen functional groups attached to an aromatic ring is 1. The lowest BCUT2D eigenvalue weighted by molar-refractivity contribution is 1.06. The van der Waals surface area contributed by atoms with Crippen molar-refractivity contribution in [2.75, 3.05) is 11.2 Å². The van der Waals surface area contributed by atoms with Crippen molar-refractivity contribution in [3.05, 3.63) is 23.1 Å². The first-order valence-corrected chi connectivity index (χ1v) is 4.96. The highest BCUT2D eigenvalue weighted by atomic mass is 32.2. The summed E-state index contributed by atoms with van der Waals surface area (Å²) < 4.78 is 0. The van der Waals surface area contributed by atoms with E-state index in [2.05, 4.69) is 20.8 Å². The van der Waals surface area contributed by atoms with E-state index in [1.54, 1.807) is 0 Å². The molecule has 1 aromatic heterocycles. The van der Waals surface area contributed by atoms with Crippen LogP contribution in [0.5, 0.6) is 0 Å². The molecule has 5 nitrogen and oxygen atoms in total. The number of hydrogen-bond acceptors (Lipinski definition) is 6. The van der Waals surface area contributed by atoms with Gasteiger partial charge in [0.25, 0.3) is 0 Å². The van der Waals surface area contributed by atoms with Crippen LogP contribution in [0.1, 0.15) is 5.56 Å². The van der Waals surface area contributed by atoms with E-state index in [-0.39, 0.29) is 5.95 Å². The Labute approximate surface area is 84.5 Å². The summed E-state index contributed by atoms with van der Waals surface area (Å²) in [6.07, 6.45) is 3.93. The summed E-state index contributed by atoms with van der Waals surface area (Å²) in [4.78, 5) is 8.28. The molecule has 0 bridgehead atoms. The molecule has 0 radical (unpaired) electrons. The van der Waals surface area contributed by atoms with Crippen LogP contribution in [-0.4, -0.2) is 9.97 Å². The average Bonchev–Trinajstić information content (AvgIpc) is 2.43. The fourth-order valence-corrected chi connectivity index (χ4v) is 2.19. The van der Waals surface area contributed by atoms with E-state index in [1.165, 1.54) is 11.8 Å². The molecule has 14 heavy (non-hydrogen) atoms. The number of nitrogens with one attached hydrogen (secondary N) is 2. The summed E-state index contributed by atoms with van der Waals surface area (Å²) in [6.45, 7) is 0. The molecule has 0 aromatic carbocycles. The largest absolute Gasteiger partial charge is 0.368 e. The summed E-state index contributed by atoms with van der Waals surface area (Å²) in [5.41, 5.74) is 13.5. The third kappa shape index (κ3) is 0.973. The average molecular weight is 205 g/mol. The molecule has 0 atom stereocenters. The molecule has 1 aromatic rings. The molecule has 0 unspecified atom stereocenters. The van der Waals surface area contributed by atoms with E-state index in [4.69, 9.17) is 5.73 Å². The van der Waals surface area contributed by atoms with Gasteiger partial charge >= 0.3 is 0 Å². The van der Waals surface area contributed by atoms with Crippen molar-refractivity contribution >= 4 is 29.2 Å². The van der Waals surface area contributed by atoms with Gasteiger partial charge < -0.3 is 5.73 Å². The van der Waals surface area contributed by atoms with Crippen molar-refractivity contribution in [3.63, 3.8) is 0 Å². The van der Waals surface area contributed by atoms with E-state index < -0.39 is 0 Å². The van der Waals surface area contributed by atoms with E-state index in [0.29, 0.717) is 0 Å². The highest BCUT2D eigenvalue weighted by Gasteiger charge is 2.23. The van der Waals surface area contributed by atoms with Crippen LogP contribution in [0, 0.1) is 0 Å². The Balaban J connectivity index is 2.32. The molecular formula is C8H7N5S. The summed E-state index contributed by atoms with van der Waals surface area (Å²) >= 11 is 1.54. The zero-order valence-electron chi connectivity index (χ0n) is 7.11. The maximum absolute atomic E-state index is 5.58. The Kier molecular flexibility index (Phi) is 1.45. The van der Waals surface area contributed by atoms with Gasteiger partial charge in [-0.3, -0.25) is 10.9 Å². The van der Waals surface area contributed by atoms with Crippen molar-refractivity contribution < 1.29 is 0 Å². The summed E-state index contributed by atoms with van der Waals surface area (Å²) in [5.74, 6) is 1.03. The smallest absolute Gasteiger partial charge is 0.223 e. The molecule has 2 aliphatic heterocycles. The van der Waals surface area contributed by atoms with Gasteiger partial charge in [-0.2, -0.15) is 4.98 Å². The van der Waals surface area contributed by atoms with Crippen molar-refractivity contribution in [2.45, 2.75) is 5.03 Å². The van der Waals surface area contributed by atoms with Crippen molar-refractivity contribution in [1.29, 1.82) is 0 Å². The zero-order valence-corrected chi connectivity index (χ0v) is 7.93. The van der Waals surface area contributed by atoms with Crippen molar-refractivity contribution in [2.24, 2.45) is 0 Å². The van der Waals surface area contributed by atoms with Gasteiger partial charge in [0.15, 0.2) is 5.82 Å². The Bertz CT molecular complexity index is 465. The van der Waals surface area contributed by atoms with Gasteiger partial charge in [0.05, 0.1) is 11.3 Å². The van der Waals surface area contributed by atoms with Crippen LogP contribution in [0.25, 0.3) is 5.70 Å². The van der Waals surface area contributed by atoms with Crippen LogP contribution in [0.2, 0.25) is 0 Å². The first-order chi connectivity index (χ1) is 6.84. The topological polar surface area (TPSA) is 75.9 Å². The summed E-state index contributed by atoms with van der Waals surface area (Å²) in [6, 6.07) is 0. The van der Waals surface area contributed by atoms with Crippen LogP contribution in [0.15, 0.2) is 22.6 Å². The van der Waals surface area contributed by atoms with Gasteiger partial charge in [-0.1, -0.05) is 17.8 Å². The highest BCUT2D eigenvalue weighted by Crippen LogP contribution is 2.36. The standard InChI is InChI=1S/C8H7N5S/c9-8-10-6-5-4(12-13-6)2-1-3-14-7(5)11-8/h1-3,12H,(H3,9,10,11,13). The predicted octanol–water partition coefficient (Wildman–Crippen LogP) is 0.949. The molecule has 0 amide bonds. The van der Waals surface area contributed by atoms with E-state index in [0.717, 1.165) is 22.1 Å². The lowest BCUT2D eigenvalue weighted by Gasteiger charge is -2.02. The Morgan fingerprint density at radius 2 is 2.21 bits per heavy atom. The lowest BCUT2D eigenvalue weighted by Crippen LogP contribution is -2.11. The second-order valence-electron chi connectivity index (χ2n) is 2.89. The number of anilines is 2. The van der Waals surface area contributed by atoms with Crippen LogP contribution in [0.4, 0.5) is 11.8 Å². The minimum absolute atomic E-state index is 0.289. The number of hydrogen-bond donors (Lipinski definition) is 3. The molecule has 2 aliphatic rings. The number of nitrogens with zero attached hydrogens (tertiary/aromatic N) is 2. The number of thioether (sulfide) groups is 1. The van der Waals surface area contributed by atoms with Gasteiger partial charge in [-0.15, -0.1) is 0 Å². The quantitative estimate of drug-likeness (QED) is 0.547. The molecular weight excluding hydrogens is 198 g/mol. The molecule has 0 fully saturated rings. The molecule has 70 valence electrons. The van der Waals surface area contributed by atoms with E-state index in [9.17, 15) is 0 Å². The van der Waals surface area contributed by atoms with Gasteiger partial charge in [0.2, 0.25) is 5.95 Å². The molecule has 6 heteroatoms. The Morgan fingerprint density at radius 1 is 1.29 bits per heavy atom. The van der Waals surface area contributed by atoms with Crippen LogP contribution in [-0.2, 0) is 0 Å². The number of rotatable bonds is 0. The maximum atomic E-state index is 5.58. The zero-order chi connectivity index (χ0) is 9.54. The van der Waals surface area contributed by atoms with Crippen molar-refractivity contribution in [1.82, 2.24) is 15.4 Å². The molecule has 4 N–H and O–H groups in total. The van der Waals surface area contributed by atoms with Gasteiger partial charge in [-0.25, -0.2) is 4.98 Å². The number of aromatic nitrogens is 2. The Morgan fingerprint density at radius 3 is 3.14 bits per heavy atom. The van der Waals surface area contributed by atoms with E-state index in [1.807, 2.05) is 17.6 Å². The number of hydrazine groups is 1. The van der Waals surface area contributed by atoms with Gasteiger partial charge in [0.1, 0.15) is 5.03 Å². The monoisotopic (exact) mass is 205 g/mol. The summed E-state index contributed by atoms with van der Waals surface area (Å²) in [5, 5.41) is 2.85. The van der Waals surface area contributed by atoms with Gasteiger partial charge in [-0.05, 0) is 11.5 Å². The molecule has 0 saturated carbocycles. The molecule has 0 spiro atoms. The van der Waals surface area contributed by atoms with Crippen LogP contribution in [0.3, 0.4) is 0 Å². The lowest BCUT2D eigenvalue weighted by atomic mass is 10.2. The summed E-state index contributed by atoms with van der Waals surface area (Å²) in [7, 11) is 0. The molecule has 3 heterocycles. The minimum atomic E-state index is 0.289. The van der Waals surface area contributed by atoms with Crippen molar-refractivity contribution in [3.8, 4) is 0 Å². The third-order valence-corrected chi connectivity index (χ3v) is 2.81. The van der Waals surface area contributed by atoms with E-state index >= 15 is 0 Å². The fraction of sp³-hybridized carbons (Fsp3) is 0. The first kappa shape index (κ1) is 7.69. The normalized spacial score (nSPS) is 16.4. The third-order valence-electron chi connectivity index (χ3n) is 2.00. The van der Waals surface area contributed by atoms with Crippen LogP contribution < -0.4 is 16.6 Å². The Hall–Kier alpha value is -1.69. The molecule has 0 aliphatic carbocycles. The van der Waals surface area contributed by atoms with Gasteiger partial charge in [0, 0.05) is 0 Å². The number of nitrogens with two attached hydrogens (primary N) is 1. The molecule has 0 saturated heterocycles. The fourth-order valence-electron chi connectivity index (χ4n) is 1.43. The predicted molar refractivity (Wildman–Crippen MR) is 56.2 cm³/mol. The van der Waals surface area contributed by atoms with Crippen LogP contribution >= 0.6 is 11.8 Å². The molecule has 3 rings (SSSR count). The maximum Gasteiger partial charge on any atom is 0.223 e. The SMILES string of the molecule is Nc1nc2c3c(n1)SC=CC=C3NN2. The minimum Gasteiger partial charge on any atom is -0.368 e. The second-order valence-corrected chi connectivity index (χ2v) is 3.78. The highest BCUT2D eigenvalue weighted by molar-refractivity contribution is 8.02.